The number of carbonyl (C=O) groups excluding carboxylic acids is 3. The number of rotatable bonds is 34. The van der Waals surface area contributed by atoms with Crippen molar-refractivity contribution in [3.05, 3.63) is 36.5 Å². The van der Waals surface area contributed by atoms with E-state index >= 15 is 0 Å². The van der Waals surface area contributed by atoms with Gasteiger partial charge in [-0.1, -0.05) is 121 Å². The Bertz CT molecular complexity index is 906. The van der Waals surface area contributed by atoms with Gasteiger partial charge in [0.2, 0.25) is 0 Å². The van der Waals surface area contributed by atoms with E-state index in [9.17, 15) is 19.5 Å². The number of allylic oxidation sites excluding steroid dienone is 6. The number of likely N-dealkylation sites (N-methyl/N-ethyl adjacent to an activating group) is 1. The molecule has 49 heavy (non-hydrogen) atoms. The number of carbonyl (C=O) groups is 3. The fourth-order valence-electron chi connectivity index (χ4n) is 5.48. The Morgan fingerprint density at radius 3 is 1.76 bits per heavy atom. The summed E-state index contributed by atoms with van der Waals surface area (Å²) in [5.41, 5.74) is 0. The van der Waals surface area contributed by atoms with Gasteiger partial charge in [0, 0.05) is 19.3 Å². The number of ether oxygens (including phenoxy) is 3. The minimum Gasteiger partial charge on any atom is -0.544 e. The van der Waals surface area contributed by atoms with Crippen LogP contribution < -0.4 is 5.11 Å². The first-order valence-electron chi connectivity index (χ1n) is 19.5. The lowest BCUT2D eigenvalue weighted by Gasteiger charge is -2.34. The van der Waals surface area contributed by atoms with Crippen LogP contribution in [0.3, 0.4) is 0 Å². The van der Waals surface area contributed by atoms with Crippen molar-refractivity contribution in [3.8, 4) is 0 Å². The number of unbranched alkanes of at least 4 members (excludes halogenated alkanes) is 14. The third kappa shape index (κ3) is 31.3. The highest BCUT2D eigenvalue weighted by molar-refractivity contribution is 5.70. The average Bonchev–Trinajstić information content (AvgIpc) is 3.05. The largest absolute Gasteiger partial charge is 0.544 e. The van der Waals surface area contributed by atoms with Gasteiger partial charge in [0.15, 0.2) is 6.10 Å². The Morgan fingerprint density at radius 2 is 1.18 bits per heavy atom. The van der Waals surface area contributed by atoms with Crippen LogP contribution in [0.5, 0.6) is 0 Å². The highest BCUT2D eigenvalue weighted by atomic mass is 16.6. The second-order valence-corrected chi connectivity index (χ2v) is 14.1. The fraction of sp³-hybridized carbons (Fsp3) is 0.780. The van der Waals surface area contributed by atoms with Crippen LogP contribution >= 0.6 is 0 Å². The summed E-state index contributed by atoms with van der Waals surface area (Å²) in [6.45, 7) is 4.43. The van der Waals surface area contributed by atoms with Crippen molar-refractivity contribution < 1.29 is 38.2 Å². The summed E-state index contributed by atoms with van der Waals surface area (Å²) in [5, 5.41) is 11.5. The molecule has 0 aliphatic heterocycles. The molecule has 0 aromatic rings. The molecule has 8 heteroatoms. The lowest BCUT2D eigenvalue weighted by molar-refractivity contribution is -0.889. The maximum absolute atomic E-state index is 12.5. The van der Waals surface area contributed by atoms with Crippen molar-refractivity contribution in [2.75, 3.05) is 41.0 Å². The van der Waals surface area contributed by atoms with E-state index in [0.717, 1.165) is 44.9 Å². The SMILES string of the molecule is CC/C=C/C/C=C/CCC(=O)OC(COCCC(C(=O)[O-])[N+](C)(C)C)COC(=O)CCCCCCC/C=C/CCCCCCCCCCC. The summed E-state index contributed by atoms with van der Waals surface area (Å²) in [6.07, 6.45) is 35.0. The Kier molecular flexibility index (Phi) is 31.1. The van der Waals surface area contributed by atoms with Crippen LogP contribution in [-0.2, 0) is 28.6 Å². The molecule has 284 valence electrons. The topological polar surface area (TPSA) is 102 Å². The van der Waals surface area contributed by atoms with Crippen molar-refractivity contribution in [2.45, 2.75) is 167 Å². The van der Waals surface area contributed by atoms with Crippen LogP contribution in [0.25, 0.3) is 0 Å². The van der Waals surface area contributed by atoms with Gasteiger partial charge in [-0.3, -0.25) is 9.59 Å². The van der Waals surface area contributed by atoms with Gasteiger partial charge < -0.3 is 28.6 Å². The Hall–Kier alpha value is -2.45. The van der Waals surface area contributed by atoms with Crippen molar-refractivity contribution in [2.24, 2.45) is 0 Å². The number of hydrogen-bond acceptors (Lipinski definition) is 7. The summed E-state index contributed by atoms with van der Waals surface area (Å²) < 4.78 is 16.9. The van der Waals surface area contributed by atoms with Gasteiger partial charge in [0.1, 0.15) is 12.6 Å². The zero-order chi connectivity index (χ0) is 36.4. The molecule has 0 saturated heterocycles. The van der Waals surface area contributed by atoms with Gasteiger partial charge in [-0.15, -0.1) is 0 Å². The second-order valence-electron chi connectivity index (χ2n) is 14.1. The molecule has 0 spiro atoms. The van der Waals surface area contributed by atoms with Gasteiger partial charge >= 0.3 is 11.9 Å². The van der Waals surface area contributed by atoms with Crippen molar-refractivity contribution in [3.63, 3.8) is 0 Å². The summed E-state index contributed by atoms with van der Waals surface area (Å²) in [4.78, 5) is 36.5. The first-order valence-corrected chi connectivity index (χ1v) is 19.5. The molecular formula is C41H73NO7. The van der Waals surface area contributed by atoms with E-state index in [-0.39, 0.29) is 43.1 Å². The van der Waals surface area contributed by atoms with Crippen molar-refractivity contribution in [1.82, 2.24) is 0 Å². The third-order valence-electron chi connectivity index (χ3n) is 8.52. The highest BCUT2D eigenvalue weighted by Gasteiger charge is 2.25. The summed E-state index contributed by atoms with van der Waals surface area (Å²) in [6, 6.07) is -0.733. The minimum absolute atomic E-state index is 0.0151. The predicted molar refractivity (Wildman–Crippen MR) is 199 cm³/mol. The maximum Gasteiger partial charge on any atom is 0.306 e. The lowest BCUT2D eigenvalue weighted by Crippen LogP contribution is -2.55. The van der Waals surface area contributed by atoms with Crippen LogP contribution in [0, 0.1) is 0 Å². The summed E-state index contributed by atoms with van der Waals surface area (Å²) in [5.74, 6) is -1.84. The van der Waals surface area contributed by atoms with Gasteiger partial charge in [-0.2, -0.15) is 0 Å². The van der Waals surface area contributed by atoms with Crippen LogP contribution in [0.1, 0.15) is 155 Å². The molecule has 2 atom stereocenters. The number of quaternary nitrogens is 1. The van der Waals surface area contributed by atoms with E-state index in [2.05, 4.69) is 38.2 Å². The molecule has 0 rings (SSSR count). The van der Waals surface area contributed by atoms with Crippen LogP contribution in [0.2, 0.25) is 0 Å². The van der Waals surface area contributed by atoms with Gasteiger partial charge in [-0.05, 0) is 51.4 Å². The Balaban J connectivity index is 4.29. The monoisotopic (exact) mass is 692 g/mol. The van der Waals surface area contributed by atoms with E-state index < -0.39 is 24.1 Å². The van der Waals surface area contributed by atoms with Crippen LogP contribution in [0.15, 0.2) is 36.5 Å². The molecule has 2 unspecified atom stereocenters. The molecule has 0 aliphatic rings. The molecule has 0 aliphatic carbocycles. The van der Waals surface area contributed by atoms with E-state index in [1.807, 2.05) is 12.2 Å². The van der Waals surface area contributed by atoms with Crippen LogP contribution in [-0.4, -0.2) is 75.5 Å². The molecule has 0 bridgehead atoms. The van der Waals surface area contributed by atoms with E-state index in [1.165, 1.54) is 70.6 Å². The van der Waals surface area contributed by atoms with Gasteiger partial charge in [-0.25, -0.2) is 0 Å². The molecule has 0 aromatic carbocycles. The molecule has 0 saturated carbocycles. The second kappa shape index (κ2) is 32.7. The molecular weight excluding hydrogens is 618 g/mol. The van der Waals surface area contributed by atoms with E-state index in [0.29, 0.717) is 12.8 Å². The van der Waals surface area contributed by atoms with E-state index in [4.69, 9.17) is 14.2 Å². The van der Waals surface area contributed by atoms with Gasteiger partial charge in [0.25, 0.3) is 0 Å². The quantitative estimate of drug-likeness (QED) is 0.0288. The molecule has 0 N–H and O–H groups in total. The number of hydrogen-bond donors (Lipinski definition) is 0. The highest BCUT2D eigenvalue weighted by Crippen LogP contribution is 2.13. The number of aliphatic carboxylic acids is 1. The number of nitrogens with zero attached hydrogens (tertiary/aromatic N) is 1. The molecule has 0 radical (unpaired) electrons. The molecule has 0 heterocycles. The molecule has 8 nitrogen and oxygen atoms in total. The summed E-state index contributed by atoms with van der Waals surface area (Å²) >= 11 is 0. The maximum atomic E-state index is 12.5. The standard InChI is InChI=1S/C41H73NO7/c1-6-8-10-12-14-15-16-17-18-19-20-21-22-23-24-26-27-29-31-39(43)48-36-37(35-47-34-33-38(41(45)46)42(3,4)5)49-40(44)32-30-28-25-13-11-9-7-2/h9,11,20-21,25,28,37-38H,6-8,10,12-19,22-24,26-27,29-36H2,1-5H3/b11-9+,21-20+,28-25+. The number of carboxylic acid groups (broad SMARTS) is 1. The first-order chi connectivity index (χ1) is 23.6. The Labute approximate surface area is 300 Å². The third-order valence-corrected chi connectivity index (χ3v) is 8.52. The molecule has 0 aromatic heterocycles. The number of esters is 2. The Morgan fingerprint density at radius 1 is 0.633 bits per heavy atom. The lowest BCUT2D eigenvalue weighted by atomic mass is 10.1. The smallest absolute Gasteiger partial charge is 0.306 e. The van der Waals surface area contributed by atoms with Gasteiger partial charge in [0.05, 0.1) is 40.3 Å². The molecule has 0 amide bonds. The van der Waals surface area contributed by atoms with E-state index in [1.54, 1.807) is 21.1 Å². The zero-order valence-corrected chi connectivity index (χ0v) is 32.1. The molecule has 0 fully saturated rings. The minimum atomic E-state index is -1.14. The normalized spacial score (nSPS) is 13.4. The first kappa shape index (κ1) is 46.5. The summed E-state index contributed by atoms with van der Waals surface area (Å²) in [7, 11) is 5.37. The van der Waals surface area contributed by atoms with Crippen molar-refractivity contribution >= 4 is 17.9 Å². The fourth-order valence-corrected chi connectivity index (χ4v) is 5.48. The van der Waals surface area contributed by atoms with Crippen LogP contribution in [0.4, 0.5) is 0 Å². The van der Waals surface area contributed by atoms with Crippen molar-refractivity contribution in [1.29, 1.82) is 0 Å². The average molecular weight is 692 g/mol. The number of carboxylic acids is 1. The predicted octanol–water partition coefficient (Wildman–Crippen LogP) is 8.57. The zero-order valence-electron chi connectivity index (χ0n) is 32.1.